The number of piperidine rings is 1. The average Bonchev–Trinajstić information content (AvgIpc) is 2.68. The Morgan fingerprint density at radius 2 is 1.80 bits per heavy atom. The number of hydrogen-bond acceptors (Lipinski definition) is 4. The fraction of sp³-hybridized carbons (Fsp3) is 0.368. The van der Waals surface area contributed by atoms with Gasteiger partial charge in [0.1, 0.15) is 11.6 Å². The second-order valence-electron chi connectivity index (χ2n) is 6.72. The number of nitrogens with one attached hydrogen (secondary N) is 1. The number of rotatable bonds is 4. The number of nitrogens with zero attached hydrogens (tertiary/aromatic N) is 2. The standard InChI is InChI=1S/C19H17F6N3O2/c20-18(21,22)15-4-1-9-26-16(15)28-10-2-3-12(11-28)17(29)27-13-5-7-14(8-6-13)30-19(23,24)25/h1,4-9,12H,2-3,10-11H2,(H,27,29). The third-order valence-electron chi connectivity index (χ3n) is 4.54. The van der Waals surface area contributed by atoms with Gasteiger partial charge >= 0.3 is 12.5 Å². The monoisotopic (exact) mass is 433 g/mol. The number of aromatic nitrogens is 1. The number of carbonyl (C=O) groups is 1. The number of pyridine rings is 1. The Bertz CT molecular complexity index is 883. The number of amides is 1. The first-order chi connectivity index (χ1) is 14.0. The Balaban J connectivity index is 1.67. The molecule has 1 aliphatic rings. The summed E-state index contributed by atoms with van der Waals surface area (Å²) in [7, 11) is 0. The first kappa shape index (κ1) is 21.7. The zero-order chi connectivity index (χ0) is 21.9. The Morgan fingerprint density at radius 1 is 1.10 bits per heavy atom. The Labute approximate surface area is 167 Å². The van der Waals surface area contributed by atoms with E-state index in [0.717, 1.165) is 18.2 Å². The van der Waals surface area contributed by atoms with E-state index in [2.05, 4.69) is 15.0 Å². The van der Waals surface area contributed by atoms with Gasteiger partial charge in [0.2, 0.25) is 5.91 Å². The lowest BCUT2D eigenvalue weighted by atomic mass is 9.96. The zero-order valence-corrected chi connectivity index (χ0v) is 15.4. The molecule has 1 saturated heterocycles. The second-order valence-corrected chi connectivity index (χ2v) is 6.72. The molecule has 162 valence electrons. The number of anilines is 2. The molecule has 30 heavy (non-hydrogen) atoms. The van der Waals surface area contributed by atoms with Gasteiger partial charge in [0.15, 0.2) is 0 Å². The third-order valence-corrected chi connectivity index (χ3v) is 4.54. The first-order valence-electron chi connectivity index (χ1n) is 8.97. The van der Waals surface area contributed by atoms with E-state index in [1.807, 2.05) is 0 Å². The summed E-state index contributed by atoms with van der Waals surface area (Å²) in [5, 5.41) is 2.57. The van der Waals surface area contributed by atoms with Crippen LogP contribution in [0.15, 0.2) is 42.6 Å². The molecule has 11 heteroatoms. The van der Waals surface area contributed by atoms with Gasteiger partial charge in [-0.3, -0.25) is 4.79 Å². The van der Waals surface area contributed by atoms with Crippen molar-refractivity contribution in [3.63, 3.8) is 0 Å². The van der Waals surface area contributed by atoms with Crippen molar-refractivity contribution >= 4 is 17.4 Å². The summed E-state index contributed by atoms with van der Waals surface area (Å²) in [6, 6.07) is 6.75. The van der Waals surface area contributed by atoms with Crippen molar-refractivity contribution in [3.8, 4) is 5.75 Å². The van der Waals surface area contributed by atoms with Gasteiger partial charge in [0.25, 0.3) is 0 Å². The first-order valence-corrected chi connectivity index (χ1v) is 8.97. The zero-order valence-electron chi connectivity index (χ0n) is 15.4. The van der Waals surface area contributed by atoms with E-state index in [1.54, 1.807) is 0 Å². The number of benzene rings is 1. The summed E-state index contributed by atoms with van der Waals surface area (Å²) in [6.07, 6.45) is -7.18. The minimum atomic E-state index is -4.82. The summed E-state index contributed by atoms with van der Waals surface area (Å²) in [5.74, 6) is -1.70. The molecule has 2 heterocycles. The topological polar surface area (TPSA) is 54.5 Å². The largest absolute Gasteiger partial charge is 0.573 e. The molecule has 0 saturated carbocycles. The Hall–Kier alpha value is -2.98. The van der Waals surface area contributed by atoms with Crippen molar-refractivity contribution in [3.05, 3.63) is 48.2 Å². The highest BCUT2D eigenvalue weighted by Crippen LogP contribution is 2.36. The molecule has 1 aromatic carbocycles. The predicted octanol–water partition coefficient (Wildman–Crippen LogP) is 4.85. The van der Waals surface area contributed by atoms with E-state index in [-0.39, 0.29) is 18.1 Å². The molecule has 1 N–H and O–H groups in total. The van der Waals surface area contributed by atoms with E-state index in [1.165, 1.54) is 29.3 Å². The molecule has 2 aromatic rings. The van der Waals surface area contributed by atoms with E-state index in [9.17, 15) is 31.1 Å². The molecule has 1 aromatic heterocycles. The SMILES string of the molecule is O=C(Nc1ccc(OC(F)(F)F)cc1)C1CCCN(c2ncccc2C(F)(F)F)C1. The molecular formula is C19H17F6N3O2. The van der Waals surface area contributed by atoms with E-state index in [0.29, 0.717) is 19.4 Å². The lowest BCUT2D eigenvalue weighted by Gasteiger charge is -2.34. The van der Waals surface area contributed by atoms with Crippen LogP contribution in [0.25, 0.3) is 0 Å². The molecule has 0 bridgehead atoms. The van der Waals surface area contributed by atoms with Crippen LogP contribution in [0.4, 0.5) is 37.8 Å². The van der Waals surface area contributed by atoms with Crippen LogP contribution in [-0.4, -0.2) is 30.3 Å². The molecule has 0 spiro atoms. The Kier molecular flexibility index (Phi) is 6.09. The van der Waals surface area contributed by atoms with Crippen molar-refractivity contribution in [2.45, 2.75) is 25.4 Å². The van der Waals surface area contributed by atoms with Crippen LogP contribution in [0.5, 0.6) is 5.75 Å². The van der Waals surface area contributed by atoms with Gasteiger partial charge in [-0.1, -0.05) is 0 Å². The van der Waals surface area contributed by atoms with Crippen LogP contribution < -0.4 is 15.0 Å². The van der Waals surface area contributed by atoms with E-state index in [4.69, 9.17) is 0 Å². The Morgan fingerprint density at radius 3 is 2.43 bits per heavy atom. The quantitative estimate of drug-likeness (QED) is 0.701. The minimum absolute atomic E-state index is 0.0429. The van der Waals surface area contributed by atoms with Crippen molar-refractivity contribution < 1.29 is 35.9 Å². The van der Waals surface area contributed by atoms with Gasteiger partial charge in [-0.25, -0.2) is 4.98 Å². The molecule has 3 rings (SSSR count). The number of carbonyl (C=O) groups excluding carboxylic acids is 1. The fourth-order valence-corrected chi connectivity index (χ4v) is 3.24. The molecule has 0 aliphatic carbocycles. The van der Waals surface area contributed by atoms with Crippen molar-refractivity contribution in [1.82, 2.24) is 4.98 Å². The molecule has 1 unspecified atom stereocenters. The van der Waals surface area contributed by atoms with E-state index >= 15 is 0 Å². The van der Waals surface area contributed by atoms with Crippen molar-refractivity contribution in [2.24, 2.45) is 5.92 Å². The lowest BCUT2D eigenvalue weighted by molar-refractivity contribution is -0.274. The molecule has 1 atom stereocenters. The van der Waals surface area contributed by atoms with Crippen LogP contribution in [0.3, 0.4) is 0 Å². The highest BCUT2D eigenvalue weighted by molar-refractivity contribution is 5.93. The van der Waals surface area contributed by atoms with Crippen LogP contribution >= 0.6 is 0 Å². The summed E-state index contributed by atoms with van der Waals surface area (Å²) < 4.78 is 80.1. The van der Waals surface area contributed by atoms with Gasteiger partial charge < -0.3 is 15.0 Å². The molecular weight excluding hydrogens is 416 g/mol. The number of ether oxygens (including phenoxy) is 1. The van der Waals surface area contributed by atoms with Gasteiger partial charge in [-0.2, -0.15) is 13.2 Å². The van der Waals surface area contributed by atoms with Crippen LogP contribution in [0, 0.1) is 5.92 Å². The molecule has 1 fully saturated rings. The fourth-order valence-electron chi connectivity index (χ4n) is 3.24. The molecule has 1 amide bonds. The highest BCUT2D eigenvalue weighted by Gasteiger charge is 2.37. The summed E-state index contributed by atoms with van der Waals surface area (Å²) in [4.78, 5) is 17.8. The number of hydrogen-bond donors (Lipinski definition) is 1. The average molecular weight is 433 g/mol. The van der Waals surface area contributed by atoms with Gasteiger partial charge in [-0.05, 0) is 49.2 Å². The smallest absolute Gasteiger partial charge is 0.406 e. The summed E-state index contributed by atoms with van der Waals surface area (Å²) >= 11 is 0. The van der Waals surface area contributed by atoms with Crippen LogP contribution in [-0.2, 0) is 11.0 Å². The molecule has 1 aliphatic heterocycles. The van der Waals surface area contributed by atoms with Crippen molar-refractivity contribution in [1.29, 1.82) is 0 Å². The van der Waals surface area contributed by atoms with Gasteiger partial charge in [0, 0.05) is 25.0 Å². The minimum Gasteiger partial charge on any atom is -0.406 e. The highest BCUT2D eigenvalue weighted by atomic mass is 19.4. The van der Waals surface area contributed by atoms with Gasteiger partial charge in [-0.15, -0.1) is 13.2 Å². The van der Waals surface area contributed by atoms with Crippen molar-refractivity contribution in [2.75, 3.05) is 23.3 Å². The van der Waals surface area contributed by atoms with Crippen LogP contribution in [0.1, 0.15) is 18.4 Å². The van der Waals surface area contributed by atoms with Crippen LogP contribution in [0.2, 0.25) is 0 Å². The number of halogens is 6. The maximum absolute atomic E-state index is 13.3. The normalized spacial score (nSPS) is 17.5. The lowest BCUT2D eigenvalue weighted by Crippen LogP contribution is -2.42. The maximum Gasteiger partial charge on any atom is 0.573 e. The maximum atomic E-state index is 13.3. The summed E-state index contributed by atoms with van der Waals surface area (Å²) in [5.41, 5.74) is -0.619. The van der Waals surface area contributed by atoms with Gasteiger partial charge in [0.05, 0.1) is 11.5 Å². The number of alkyl halides is 6. The third kappa shape index (κ3) is 5.55. The predicted molar refractivity (Wildman–Crippen MR) is 95.9 cm³/mol. The second kappa shape index (κ2) is 8.41. The molecule has 0 radical (unpaired) electrons. The van der Waals surface area contributed by atoms with E-state index < -0.39 is 35.7 Å². The molecule has 5 nitrogen and oxygen atoms in total. The summed E-state index contributed by atoms with van der Waals surface area (Å²) in [6.45, 7) is 0.370.